The number of rotatable bonds is 5. The summed E-state index contributed by atoms with van der Waals surface area (Å²) in [6.07, 6.45) is 0.136. The average Bonchev–Trinajstić information content (AvgIpc) is 2.85. The highest BCUT2D eigenvalue weighted by Gasteiger charge is 2.46. The summed E-state index contributed by atoms with van der Waals surface area (Å²) in [6.45, 7) is 3.43. The summed E-state index contributed by atoms with van der Waals surface area (Å²) in [7, 11) is 0. The van der Waals surface area contributed by atoms with Crippen LogP contribution in [-0.4, -0.2) is 33.2 Å². The van der Waals surface area contributed by atoms with Gasteiger partial charge < -0.3 is 10.4 Å². The van der Waals surface area contributed by atoms with Gasteiger partial charge in [-0.2, -0.15) is 18.3 Å². The van der Waals surface area contributed by atoms with Gasteiger partial charge in [0.15, 0.2) is 0 Å². The Morgan fingerprint density at radius 1 is 1.52 bits per heavy atom. The zero-order valence-corrected chi connectivity index (χ0v) is 12.2. The number of aryl methyl sites for hydroxylation is 1. The maximum Gasteiger partial charge on any atom is 0.391 e. The lowest BCUT2D eigenvalue weighted by Gasteiger charge is -2.37. The van der Waals surface area contributed by atoms with Crippen molar-refractivity contribution < 1.29 is 18.3 Å². The Kier molecular flexibility index (Phi) is 4.93. The van der Waals surface area contributed by atoms with E-state index in [-0.39, 0.29) is 19.4 Å². The first-order valence-corrected chi connectivity index (χ1v) is 7.33. The third-order valence-corrected chi connectivity index (χ3v) is 4.08. The van der Waals surface area contributed by atoms with Crippen molar-refractivity contribution in [2.75, 3.05) is 6.54 Å². The Balaban J connectivity index is 1.83. The van der Waals surface area contributed by atoms with Crippen molar-refractivity contribution in [2.45, 2.75) is 57.5 Å². The third-order valence-electron chi connectivity index (χ3n) is 4.08. The molecular weight excluding hydrogens is 283 g/mol. The summed E-state index contributed by atoms with van der Waals surface area (Å²) in [6, 6.07) is 0. The molecule has 0 saturated heterocycles. The molecule has 0 unspecified atom stereocenters. The molecule has 2 atom stereocenters. The summed E-state index contributed by atoms with van der Waals surface area (Å²) in [4.78, 5) is 0. The van der Waals surface area contributed by atoms with Gasteiger partial charge in [-0.05, 0) is 32.6 Å². The normalized spacial score (nSPS) is 27.0. The molecule has 0 bridgehead atoms. The summed E-state index contributed by atoms with van der Waals surface area (Å²) in [5.41, 5.74) is -0.303. The largest absolute Gasteiger partial charge is 0.391 e. The lowest BCUT2D eigenvalue weighted by molar-refractivity contribution is -0.200. The first-order valence-electron chi connectivity index (χ1n) is 7.33. The molecule has 1 fully saturated rings. The van der Waals surface area contributed by atoms with E-state index < -0.39 is 17.7 Å². The first-order chi connectivity index (χ1) is 9.82. The van der Waals surface area contributed by atoms with Crippen LogP contribution in [0.4, 0.5) is 13.2 Å². The number of hydrogen-bond acceptors (Lipinski definition) is 3. The van der Waals surface area contributed by atoms with E-state index in [1.807, 2.05) is 13.1 Å². The SMILES string of the molecule is CCn1cc(CNC[C@]2(O)CCC[C@@H](C(F)(F)F)C2)cn1. The number of nitrogens with one attached hydrogen (secondary N) is 1. The van der Waals surface area contributed by atoms with E-state index in [9.17, 15) is 18.3 Å². The Morgan fingerprint density at radius 3 is 2.90 bits per heavy atom. The highest BCUT2D eigenvalue weighted by Crippen LogP contribution is 2.41. The maximum absolute atomic E-state index is 12.8. The molecule has 1 aliphatic rings. The second-order valence-corrected chi connectivity index (χ2v) is 5.87. The molecule has 1 saturated carbocycles. The van der Waals surface area contributed by atoms with Crippen LogP contribution in [0.1, 0.15) is 38.2 Å². The van der Waals surface area contributed by atoms with Crippen molar-refractivity contribution >= 4 is 0 Å². The molecule has 1 aromatic heterocycles. The van der Waals surface area contributed by atoms with Gasteiger partial charge in [-0.3, -0.25) is 4.68 Å². The second-order valence-electron chi connectivity index (χ2n) is 5.87. The predicted octanol–water partition coefficient (Wildman–Crippen LogP) is 2.48. The van der Waals surface area contributed by atoms with E-state index in [0.717, 1.165) is 12.1 Å². The highest BCUT2D eigenvalue weighted by molar-refractivity contribution is 5.03. The van der Waals surface area contributed by atoms with Crippen LogP contribution < -0.4 is 5.32 Å². The third kappa shape index (κ3) is 4.44. The van der Waals surface area contributed by atoms with Gasteiger partial charge in [0.1, 0.15) is 0 Å². The van der Waals surface area contributed by atoms with Crippen LogP contribution >= 0.6 is 0 Å². The Hall–Kier alpha value is -1.08. The monoisotopic (exact) mass is 305 g/mol. The number of alkyl halides is 3. The van der Waals surface area contributed by atoms with Gasteiger partial charge >= 0.3 is 6.18 Å². The molecule has 2 N–H and O–H groups in total. The fourth-order valence-electron chi connectivity index (χ4n) is 2.89. The molecule has 0 aliphatic heterocycles. The molecular formula is C14H22F3N3O. The molecule has 1 aromatic rings. The summed E-state index contributed by atoms with van der Waals surface area (Å²) in [5.74, 6) is -1.39. The van der Waals surface area contributed by atoms with Crippen molar-refractivity contribution in [3.8, 4) is 0 Å². The molecule has 0 spiro atoms. The van der Waals surface area contributed by atoms with Crippen LogP contribution in [-0.2, 0) is 13.1 Å². The number of halogens is 3. The van der Waals surface area contributed by atoms with E-state index in [0.29, 0.717) is 19.4 Å². The van der Waals surface area contributed by atoms with Crippen LogP contribution in [0.15, 0.2) is 12.4 Å². The Morgan fingerprint density at radius 2 is 2.29 bits per heavy atom. The molecule has 7 heteroatoms. The van der Waals surface area contributed by atoms with Crippen molar-refractivity contribution in [2.24, 2.45) is 5.92 Å². The first kappa shape index (κ1) is 16.3. The number of aliphatic hydroxyl groups is 1. The van der Waals surface area contributed by atoms with Crippen molar-refractivity contribution in [3.05, 3.63) is 18.0 Å². The van der Waals surface area contributed by atoms with Gasteiger partial charge in [0.2, 0.25) is 0 Å². The van der Waals surface area contributed by atoms with Crippen molar-refractivity contribution in [1.29, 1.82) is 0 Å². The number of nitrogens with zero attached hydrogens (tertiary/aromatic N) is 2. The van der Waals surface area contributed by atoms with Gasteiger partial charge in [-0.25, -0.2) is 0 Å². The van der Waals surface area contributed by atoms with Crippen molar-refractivity contribution in [3.63, 3.8) is 0 Å². The van der Waals surface area contributed by atoms with Crippen LogP contribution in [0.3, 0.4) is 0 Å². The molecule has 1 heterocycles. The standard InChI is InChI=1S/C14H22F3N3O/c1-2-20-9-11(8-19-20)7-18-10-13(21)5-3-4-12(6-13)14(15,16)17/h8-9,12,18,21H,2-7,10H2,1H3/t12-,13+/m1/s1. The van der Waals surface area contributed by atoms with Crippen LogP contribution in [0.25, 0.3) is 0 Å². The summed E-state index contributed by atoms with van der Waals surface area (Å²) in [5, 5.41) is 17.5. The minimum absolute atomic E-state index is 0.120. The van der Waals surface area contributed by atoms with Gasteiger partial charge in [0.05, 0.1) is 17.7 Å². The van der Waals surface area contributed by atoms with E-state index >= 15 is 0 Å². The van der Waals surface area contributed by atoms with E-state index in [2.05, 4.69) is 10.4 Å². The predicted molar refractivity (Wildman–Crippen MR) is 72.6 cm³/mol. The van der Waals surface area contributed by atoms with E-state index in [4.69, 9.17) is 0 Å². The molecule has 0 radical (unpaired) electrons. The van der Waals surface area contributed by atoms with Gasteiger partial charge in [-0.1, -0.05) is 0 Å². The fourth-order valence-corrected chi connectivity index (χ4v) is 2.89. The fraction of sp³-hybridized carbons (Fsp3) is 0.786. The van der Waals surface area contributed by atoms with Gasteiger partial charge in [-0.15, -0.1) is 0 Å². The quantitative estimate of drug-likeness (QED) is 0.878. The second kappa shape index (κ2) is 6.36. The average molecular weight is 305 g/mol. The number of hydrogen-bond donors (Lipinski definition) is 2. The zero-order valence-electron chi connectivity index (χ0n) is 12.2. The lowest BCUT2D eigenvalue weighted by Crippen LogP contribution is -2.46. The van der Waals surface area contributed by atoms with Gasteiger partial charge in [0.25, 0.3) is 0 Å². The Bertz CT molecular complexity index is 461. The molecule has 21 heavy (non-hydrogen) atoms. The van der Waals surface area contributed by atoms with Crippen LogP contribution in [0.5, 0.6) is 0 Å². The highest BCUT2D eigenvalue weighted by atomic mass is 19.4. The zero-order chi connectivity index (χ0) is 15.5. The van der Waals surface area contributed by atoms with Crippen LogP contribution in [0.2, 0.25) is 0 Å². The summed E-state index contributed by atoms with van der Waals surface area (Å²) >= 11 is 0. The molecule has 120 valence electrons. The molecule has 2 rings (SSSR count). The summed E-state index contributed by atoms with van der Waals surface area (Å²) < 4.78 is 40.1. The molecule has 0 aromatic carbocycles. The lowest BCUT2D eigenvalue weighted by atomic mass is 9.77. The maximum atomic E-state index is 12.8. The minimum atomic E-state index is -4.21. The van der Waals surface area contributed by atoms with E-state index in [1.165, 1.54) is 0 Å². The topological polar surface area (TPSA) is 50.1 Å². The smallest absolute Gasteiger partial charge is 0.389 e. The number of aromatic nitrogens is 2. The molecule has 0 amide bonds. The van der Waals surface area contributed by atoms with Crippen LogP contribution in [0, 0.1) is 5.92 Å². The van der Waals surface area contributed by atoms with Gasteiger partial charge in [0, 0.05) is 31.4 Å². The van der Waals surface area contributed by atoms with Crippen molar-refractivity contribution in [1.82, 2.24) is 15.1 Å². The van der Waals surface area contributed by atoms with E-state index in [1.54, 1.807) is 10.9 Å². The molecule has 4 nitrogen and oxygen atoms in total. The molecule has 1 aliphatic carbocycles. The minimum Gasteiger partial charge on any atom is -0.389 e. The Labute approximate surface area is 122 Å².